The molecule has 142 valence electrons. The Morgan fingerprint density at radius 3 is 2.00 bits per heavy atom. The molecule has 1 atom stereocenters. The maximum atomic E-state index is 12.4. The Labute approximate surface area is 154 Å². The second-order valence-electron chi connectivity index (χ2n) is 6.65. The molecular formula is C21H28O5. The van der Waals surface area contributed by atoms with Gasteiger partial charge >= 0.3 is 11.9 Å². The van der Waals surface area contributed by atoms with Crippen molar-refractivity contribution in [2.75, 3.05) is 0 Å². The third-order valence-corrected chi connectivity index (χ3v) is 4.63. The van der Waals surface area contributed by atoms with E-state index in [-0.39, 0.29) is 29.3 Å². The third kappa shape index (κ3) is 6.47. The van der Waals surface area contributed by atoms with Gasteiger partial charge in [-0.2, -0.15) is 0 Å². The minimum absolute atomic E-state index is 0.102. The molecular weight excluding hydrogens is 332 g/mol. The predicted molar refractivity (Wildman–Crippen MR) is 100 cm³/mol. The average Bonchev–Trinajstić information content (AvgIpc) is 2.60. The Morgan fingerprint density at radius 2 is 1.54 bits per heavy atom. The number of aliphatic carboxylic acids is 2. The summed E-state index contributed by atoms with van der Waals surface area (Å²) < 4.78 is 0. The molecule has 0 radical (unpaired) electrons. The molecule has 1 aromatic rings. The van der Waals surface area contributed by atoms with Gasteiger partial charge in [0.2, 0.25) is 0 Å². The Balaban J connectivity index is 3.12. The number of carbonyl (C=O) groups is 3. The van der Waals surface area contributed by atoms with Crippen LogP contribution in [0.5, 0.6) is 0 Å². The van der Waals surface area contributed by atoms with Crippen LogP contribution in [0.2, 0.25) is 0 Å². The predicted octanol–water partition coefficient (Wildman–Crippen LogP) is 4.64. The summed E-state index contributed by atoms with van der Waals surface area (Å²) in [4.78, 5) is 35.8. The molecule has 1 rings (SSSR count). The number of Topliss-reactive ketones (excluding diaryl/α,β-unsaturated/α-hetero) is 1. The third-order valence-electron chi connectivity index (χ3n) is 4.63. The van der Waals surface area contributed by atoms with E-state index in [2.05, 4.69) is 6.92 Å². The molecule has 0 spiro atoms. The summed E-state index contributed by atoms with van der Waals surface area (Å²) in [7, 11) is 0. The summed E-state index contributed by atoms with van der Waals surface area (Å²) in [6, 6.07) is 6.81. The van der Waals surface area contributed by atoms with Gasteiger partial charge in [0.25, 0.3) is 0 Å². The van der Waals surface area contributed by atoms with E-state index in [9.17, 15) is 24.6 Å². The largest absolute Gasteiger partial charge is 0.478 e. The van der Waals surface area contributed by atoms with E-state index in [1.165, 1.54) is 0 Å². The molecule has 1 aromatic carbocycles. The number of ketones is 1. The summed E-state index contributed by atoms with van der Waals surface area (Å²) in [5.41, 5.74) is 0.916. The van der Waals surface area contributed by atoms with Crippen molar-refractivity contribution in [2.24, 2.45) is 5.92 Å². The first-order valence-corrected chi connectivity index (χ1v) is 9.08. The van der Waals surface area contributed by atoms with Crippen LogP contribution >= 0.6 is 0 Å². The van der Waals surface area contributed by atoms with Gasteiger partial charge in [0.1, 0.15) is 0 Å². The average molecular weight is 360 g/mol. The van der Waals surface area contributed by atoms with Gasteiger partial charge in [0.05, 0.1) is 5.57 Å². The Morgan fingerprint density at radius 1 is 0.962 bits per heavy atom. The van der Waals surface area contributed by atoms with E-state index >= 15 is 0 Å². The topological polar surface area (TPSA) is 91.7 Å². The number of unbranched alkanes of at least 4 members (excludes halogenated alkanes) is 1. The van der Waals surface area contributed by atoms with Crippen molar-refractivity contribution in [3.8, 4) is 0 Å². The molecule has 0 bridgehead atoms. The lowest BCUT2D eigenvalue weighted by Gasteiger charge is -2.16. The number of hydrogen-bond acceptors (Lipinski definition) is 3. The molecule has 26 heavy (non-hydrogen) atoms. The summed E-state index contributed by atoms with van der Waals surface area (Å²) in [5.74, 6) is -2.88. The van der Waals surface area contributed by atoms with E-state index in [0.29, 0.717) is 5.56 Å². The fourth-order valence-electron chi connectivity index (χ4n) is 2.89. The Hall–Kier alpha value is -2.43. The van der Waals surface area contributed by atoms with Gasteiger partial charge in [-0.05, 0) is 19.3 Å². The van der Waals surface area contributed by atoms with Crippen molar-refractivity contribution >= 4 is 17.7 Å². The van der Waals surface area contributed by atoms with Gasteiger partial charge in [-0.1, -0.05) is 69.4 Å². The zero-order valence-corrected chi connectivity index (χ0v) is 15.7. The summed E-state index contributed by atoms with van der Waals surface area (Å²) in [6.45, 7) is 5.92. The lowest BCUT2D eigenvalue weighted by Crippen LogP contribution is -2.17. The molecule has 0 aliphatic rings. The molecule has 1 unspecified atom stereocenters. The fraction of sp³-hybridized carbons (Fsp3) is 0.476. The minimum Gasteiger partial charge on any atom is -0.478 e. The van der Waals surface area contributed by atoms with Crippen molar-refractivity contribution < 1.29 is 24.6 Å². The first-order chi connectivity index (χ1) is 12.3. The normalized spacial score (nSPS) is 13.0. The highest BCUT2D eigenvalue weighted by atomic mass is 16.4. The van der Waals surface area contributed by atoms with Crippen LogP contribution in [-0.4, -0.2) is 27.9 Å². The van der Waals surface area contributed by atoms with Gasteiger partial charge in [-0.15, -0.1) is 0 Å². The summed E-state index contributed by atoms with van der Waals surface area (Å²) >= 11 is 0. The zero-order valence-electron chi connectivity index (χ0n) is 15.7. The summed E-state index contributed by atoms with van der Waals surface area (Å²) in [5, 5.41) is 19.1. The van der Waals surface area contributed by atoms with Crippen molar-refractivity contribution in [1.29, 1.82) is 0 Å². The van der Waals surface area contributed by atoms with Gasteiger partial charge in [-0.3, -0.25) is 4.79 Å². The van der Waals surface area contributed by atoms with Crippen molar-refractivity contribution in [3.63, 3.8) is 0 Å². The Bertz CT molecular complexity index is 670. The number of carboxylic acid groups (broad SMARTS) is 2. The first kappa shape index (κ1) is 21.6. The number of aryl methyl sites for hydroxylation is 1. The van der Waals surface area contributed by atoms with Crippen molar-refractivity contribution in [2.45, 2.75) is 59.3 Å². The fourth-order valence-corrected chi connectivity index (χ4v) is 2.89. The minimum atomic E-state index is -1.34. The van der Waals surface area contributed by atoms with Gasteiger partial charge < -0.3 is 10.2 Å². The highest BCUT2D eigenvalue weighted by Crippen LogP contribution is 2.26. The summed E-state index contributed by atoms with van der Waals surface area (Å²) in [6.07, 6.45) is 3.35. The SMILES string of the molecule is CCCCC(CC)C/C(C(=O)O)=C(/CC(=O)c1ccc(C)cc1)C(=O)O. The molecule has 0 fully saturated rings. The molecule has 5 nitrogen and oxygen atoms in total. The molecule has 0 saturated heterocycles. The van der Waals surface area contributed by atoms with E-state index in [1.807, 2.05) is 13.8 Å². The van der Waals surface area contributed by atoms with Crippen LogP contribution in [0, 0.1) is 12.8 Å². The van der Waals surface area contributed by atoms with Gasteiger partial charge in [0.15, 0.2) is 5.78 Å². The number of carbonyl (C=O) groups excluding carboxylic acids is 1. The molecule has 5 heteroatoms. The van der Waals surface area contributed by atoms with Crippen LogP contribution < -0.4 is 0 Å². The van der Waals surface area contributed by atoms with Crippen LogP contribution in [0.1, 0.15) is 68.3 Å². The monoisotopic (exact) mass is 360 g/mol. The van der Waals surface area contributed by atoms with Crippen molar-refractivity contribution in [1.82, 2.24) is 0 Å². The van der Waals surface area contributed by atoms with E-state index < -0.39 is 18.4 Å². The number of rotatable bonds is 11. The maximum absolute atomic E-state index is 12.4. The second-order valence-corrected chi connectivity index (χ2v) is 6.65. The highest BCUT2D eigenvalue weighted by Gasteiger charge is 2.25. The molecule has 0 aliphatic carbocycles. The standard InChI is InChI=1S/C21H28O5/c1-4-6-7-15(5-2)12-17(20(23)24)18(21(25)26)13-19(22)16-10-8-14(3)9-11-16/h8-11,15H,4-7,12-13H2,1-3H3,(H,23,24)(H,25,26)/b18-17+. The Kier molecular flexibility index (Phi) is 8.76. The van der Waals surface area contributed by atoms with Gasteiger partial charge in [0, 0.05) is 17.6 Å². The van der Waals surface area contributed by atoms with E-state index in [4.69, 9.17) is 0 Å². The smallest absolute Gasteiger partial charge is 0.332 e. The van der Waals surface area contributed by atoms with Gasteiger partial charge in [-0.25, -0.2) is 9.59 Å². The van der Waals surface area contributed by atoms with Crippen LogP contribution in [0.3, 0.4) is 0 Å². The van der Waals surface area contributed by atoms with Crippen LogP contribution in [0.15, 0.2) is 35.4 Å². The molecule has 2 N–H and O–H groups in total. The van der Waals surface area contributed by atoms with Crippen LogP contribution in [0.4, 0.5) is 0 Å². The van der Waals surface area contributed by atoms with Crippen LogP contribution in [-0.2, 0) is 9.59 Å². The van der Waals surface area contributed by atoms with Crippen molar-refractivity contribution in [3.05, 3.63) is 46.5 Å². The molecule has 0 saturated carbocycles. The molecule has 0 aromatic heterocycles. The van der Waals surface area contributed by atoms with E-state index in [1.54, 1.807) is 24.3 Å². The maximum Gasteiger partial charge on any atom is 0.332 e. The first-order valence-electron chi connectivity index (χ1n) is 9.08. The quantitative estimate of drug-likeness (QED) is 0.443. The number of hydrogen-bond donors (Lipinski definition) is 2. The molecule has 0 aliphatic heterocycles. The molecule has 0 heterocycles. The number of benzene rings is 1. The highest BCUT2D eigenvalue weighted by molar-refractivity contribution is 6.06. The second kappa shape index (κ2) is 10.5. The lowest BCUT2D eigenvalue weighted by molar-refractivity contribution is -0.136. The zero-order chi connectivity index (χ0) is 19.7. The van der Waals surface area contributed by atoms with E-state index in [0.717, 1.165) is 31.2 Å². The van der Waals surface area contributed by atoms with Crippen LogP contribution in [0.25, 0.3) is 0 Å². The number of carboxylic acids is 2. The lowest BCUT2D eigenvalue weighted by atomic mass is 9.88. The molecule has 0 amide bonds.